The van der Waals surface area contributed by atoms with Crippen molar-refractivity contribution < 1.29 is 22.7 Å². The minimum Gasteiger partial charge on any atom is -0.497 e. The molecule has 0 radical (unpaired) electrons. The third kappa shape index (κ3) is 4.07. The number of carbonyl (C=O) groups is 1. The molecule has 6 nitrogen and oxygen atoms in total. The fourth-order valence-electron chi connectivity index (χ4n) is 3.63. The van der Waals surface area contributed by atoms with E-state index in [0.717, 1.165) is 11.3 Å². The first-order valence-corrected chi connectivity index (χ1v) is 8.93. The predicted molar refractivity (Wildman–Crippen MR) is 98.3 cm³/mol. The second-order valence-corrected chi connectivity index (χ2v) is 7.36. The zero-order valence-electron chi connectivity index (χ0n) is 16.0. The predicted octanol–water partition coefficient (Wildman–Crippen LogP) is 4.13. The summed E-state index contributed by atoms with van der Waals surface area (Å²) in [7, 11) is 1.59. The monoisotopic (exact) mass is 396 g/mol. The fraction of sp³-hybridized carbons (Fsp3) is 0.474. The molecule has 1 atom stereocenters. The van der Waals surface area contributed by atoms with E-state index in [4.69, 9.17) is 4.74 Å². The van der Waals surface area contributed by atoms with Crippen molar-refractivity contribution in [3.8, 4) is 5.75 Å². The molecule has 1 aromatic heterocycles. The van der Waals surface area contributed by atoms with E-state index in [1.807, 2.05) is 24.3 Å². The number of urea groups is 1. The van der Waals surface area contributed by atoms with Crippen molar-refractivity contribution >= 4 is 11.8 Å². The molecule has 9 heteroatoms. The van der Waals surface area contributed by atoms with Crippen LogP contribution >= 0.6 is 0 Å². The summed E-state index contributed by atoms with van der Waals surface area (Å²) in [5.41, 5.74) is -0.316. The molecule has 2 heterocycles. The number of hydrogen-bond acceptors (Lipinski definition) is 3. The van der Waals surface area contributed by atoms with Gasteiger partial charge < -0.3 is 9.64 Å². The van der Waals surface area contributed by atoms with Crippen molar-refractivity contribution in [2.24, 2.45) is 5.92 Å². The third-order valence-electron chi connectivity index (χ3n) is 5.21. The molecule has 0 spiro atoms. The number of rotatable bonds is 4. The maximum Gasteiger partial charge on any atom is 0.394 e. The standard InChI is InChI=1S/C19H23F3N4O2/c1-18(2)15(19(20,21)22)8-11-26(18)17(27)23-16-9-10-25(24-16)12-13-4-6-14(28-3)7-5-13/h4-7,9-10,15H,8,11-12H2,1-3H3,(H,23,24,27)/t15-/m0/s1. The SMILES string of the molecule is COc1ccc(Cn2ccc(NC(=O)N3CC[C@H](C(F)(F)F)C3(C)C)n2)cc1. The molecule has 0 bridgehead atoms. The van der Waals surface area contributed by atoms with E-state index in [1.54, 1.807) is 24.1 Å². The first-order valence-electron chi connectivity index (χ1n) is 8.93. The maximum absolute atomic E-state index is 13.2. The number of likely N-dealkylation sites (tertiary alicyclic amines) is 1. The molecule has 0 saturated carbocycles. The average molecular weight is 396 g/mol. The summed E-state index contributed by atoms with van der Waals surface area (Å²) in [6.45, 7) is 3.43. The van der Waals surface area contributed by atoms with Crippen molar-refractivity contribution in [3.05, 3.63) is 42.1 Å². The summed E-state index contributed by atoms with van der Waals surface area (Å²) < 4.78 is 46.3. The molecule has 1 aliphatic rings. The van der Waals surface area contributed by atoms with Crippen LogP contribution in [0.1, 0.15) is 25.8 Å². The molecule has 28 heavy (non-hydrogen) atoms. The molecule has 152 valence electrons. The zero-order valence-corrected chi connectivity index (χ0v) is 16.0. The van der Waals surface area contributed by atoms with E-state index < -0.39 is 23.7 Å². The van der Waals surface area contributed by atoms with Gasteiger partial charge in [-0.3, -0.25) is 10.00 Å². The number of nitrogens with one attached hydrogen (secondary N) is 1. The van der Waals surface area contributed by atoms with Gasteiger partial charge in [0.15, 0.2) is 5.82 Å². The molecule has 1 saturated heterocycles. The first kappa shape index (κ1) is 20.0. The summed E-state index contributed by atoms with van der Waals surface area (Å²) in [5, 5.41) is 6.88. The third-order valence-corrected chi connectivity index (χ3v) is 5.21. The molecular formula is C19H23F3N4O2. The highest BCUT2D eigenvalue weighted by Gasteiger charge is 2.56. The van der Waals surface area contributed by atoms with Crippen molar-refractivity contribution in [1.29, 1.82) is 0 Å². The van der Waals surface area contributed by atoms with Crippen LogP contribution in [0.3, 0.4) is 0 Å². The number of anilines is 1. The van der Waals surface area contributed by atoms with Gasteiger partial charge in [0, 0.05) is 18.8 Å². The molecule has 2 aromatic rings. The van der Waals surface area contributed by atoms with Crippen LogP contribution in [0.2, 0.25) is 0 Å². The minimum atomic E-state index is -4.33. The molecule has 3 rings (SSSR count). The summed E-state index contributed by atoms with van der Waals surface area (Å²) in [6, 6.07) is 8.53. The number of hydrogen-bond donors (Lipinski definition) is 1. The van der Waals surface area contributed by atoms with Crippen LogP contribution in [0.15, 0.2) is 36.5 Å². The van der Waals surface area contributed by atoms with Crippen LogP contribution in [0.25, 0.3) is 0 Å². The number of halogens is 3. The van der Waals surface area contributed by atoms with Crippen LogP contribution in [-0.4, -0.2) is 46.1 Å². The van der Waals surface area contributed by atoms with E-state index in [-0.39, 0.29) is 13.0 Å². The van der Waals surface area contributed by atoms with Gasteiger partial charge in [0.1, 0.15) is 5.75 Å². The number of ether oxygens (including phenoxy) is 1. The number of carbonyl (C=O) groups excluding carboxylic acids is 1. The number of amides is 2. The lowest BCUT2D eigenvalue weighted by Gasteiger charge is -2.36. The van der Waals surface area contributed by atoms with Crippen LogP contribution in [0.5, 0.6) is 5.75 Å². The Kier molecular flexibility index (Phi) is 5.27. The number of methoxy groups -OCH3 is 1. The van der Waals surface area contributed by atoms with E-state index in [2.05, 4.69) is 10.4 Å². The number of alkyl halides is 3. The second kappa shape index (κ2) is 7.37. The molecule has 1 aliphatic heterocycles. The van der Waals surface area contributed by atoms with Gasteiger partial charge in [-0.1, -0.05) is 12.1 Å². The van der Waals surface area contributed by atoms with Crippen molar-refractivity contribution in [2.45, 2.75) is 38.5 Å². The van der Waals surface area contributed by atoms with Crippen molar-refractivity contribution in [1.82, 2.24) is 14.7 Å². The van der Waals surface area contributed by atoms with Crippen molar-refractivity contribution in [2.75, 3.05) is 19.0 Å². The summed E-state index contributed by atoms with van der Waals surface area (Å²) in [4.78, 5) is 13.8. The zero-order chi connectivity index (χ0) is 20.5. The van der Waals surface area contributed by atoms with Gasteiger partial charge >= 0.3 is 12.2 Å². The van der Waals surface area contributed by atoms with Crippen LogP contribution in [0.4, 0.5) is 23.8 Å². The summed E-state index contributed by atoms with van der Waals surface area (Å²) in [6.07, 6.45) is -2.73. The van der Waals surface area contributed by atoms with Gasteiger partial charge in [0.05, 0.1) is 25.1 Å². The van der Waals surface area contributed by atoms with Gasteiger partial charge in [-0.15, -0.1) is 0 Å². The Labute approximate surface area is 161 Å². The second-order valence-electron chi connectivity index (χ2n) is 7.36. The number of aromatic nitrogens is 2. The Bertz CT molecular complexity index is 830. The quantitative estimate of drug-likeness (QED) is 0.845. The lowest BCUT2D eigenvalue weighted by Crippen LogP contribution is -2.51. The minimum absolute atomic E-state index is 0.0512. The lowest BCUT2D eigenvalue weighted by molar-refractivity contribution is -0.189. The lowest BCUT2D eigenvalue weighted by atomic mass is 9.88. The first-order chi connectivity index (χ1) is 13.1. The topological polar surface area (TPSA) is 59.4 Å². The number of nitrogens with zero attached hydrogens (tertiary/aromatic N) is 3. The molecule has 1 aromatic carbocycles. The molecule has 0 unspecified atom stereocenters. The normalized spacial score (nSPS) is 18.9. The smallest absolute Gasteiger partial charge is 0.394 e. The fourth-order valence-corrected chi connectivity index (χ4v) is 3.63. The Morgan fingerprint density at radius 1 is 1.29 bits per heavy atom. The Hall–Kier alpha value is -2.71. The van der Waals surface area contributed by atoms with E-state index in [9.17, 15) is 18.0 Å². The molecule has 0 aliphatic carbocycles. The Morgan fingerprint density at radius 3 is 2.54 bits per heavy atom. The van der Waals surface area contributed by atoms with Crippen LogP contribution in [-0.2, 0) is 6.54 Å². The van der Waals surface area contributed by atoms with Gasteiger partial charge in [-0.05, 0) is 38.0 Å². The highest BCUT2D eigenvalue weighted by Crippen LogP contribution is 2.44. The van der Waals surface area contributed by atoms with Crippen molar-refractivity contribution in [3.63, 3.8) is 0 Å². The average Bonchev–Trinajstić information content (AvgIpc) is 3.18. The summed E-state index contributed by atoms with van der Waals surface area (Å²) in [5.74, 6) is -0.495. The van der Waals surface area contributed by atoms with E-state index in [1.165, 1.54) is 18.7 Å². The highest BCUT2D eigenvalue weighted by atomic mass is 19.4. The molecule has 1 N–H and O–H groups in total. The van der Waals surface area contributed by atoms with Gasteiger partial charge in [-0.25, -0.2) is 4.79 Å². The largest absolute Gasteiger partial charge is 0.497 e. The molecular weight excluding hydrogens is 373 g/mol. The van der Waals surface area contributed by atoms with Gasteiger partial charge in [0.25, 0.3) is 0 Å². The van der Waals surface area contributed by atoms with Gasteiger partial charge in [0.2, 0.25) is 0 Å². The Balaban J connectivity index is 1.64. The molecule has 1 fully saturated rings. The summed E-state index contributed by atoms with van der Waals surface area (Å²) >= 11 is 0. The van der Waals surface area contributed by atoms with E-state index in [0.29, 0.717) is 12.4 Å². The molecule has 2 amide bonds. The Morgan fingerprint density at radius 2 is 1.96 bits per heavy atom. The van der Waals surface area contributed by atoms with Gasteiger partial charge in [-0.2, -0.15) is 18.3 Å². The maximum atomic E-state index is 13.2. The highest BCUT2D eigenvalue weighted by molar-refractivity contribution is 5.89. The van der Waals surface area contributed by atoms with Crippen LogP contribution in [0, 0.1) is 5.92 Å². The van der Waals surface area contributed by atoms with Crippen LogP contribution < -0.4 is 10.1 Å². The van der Waals surface area contributed by atoms with E-state index >= 15 is 0 Å². The number of benzene rings is 1.